The van der Waals surface area contributed by atoms with E-state index in [-0.39, 0.29) is 0 Å². The summed E-state index contributed by atoms with van der Waals surface area (Å²) in [5.41, 5.74) is 20.9. The zero-order valence-corrected chi connectivity index (χ0v) is 48.6. The van der Waals surface area contributed by atoms with Gasteiger partial charge in [-0.2, -0.15) is 0 Å². The van der Waals surface area contributed by atoms with Gasteiger partial charge >= 0.3 is 0 Å². The summed E-state index contributed by atoms with van der Waals surface area (Å²) < 4.78 is 2.62. The molecule has 1 aliphatic carbocycles. The second kappa shape index (κ2) is 20.9. The Morgan fingerprint density at radius 3 is 1.40 bits per heavy atom. The first-order chi connectivity index (χ1) is 42.9. The molecule has 12 aromatic carbocycles. The van der Waals surface area contributed by atoms with Crippen LogP contribution in [0.3, 0.4) is 0 Å². The molecule has 16 rings (SSSR count). The monoisotopic (exact) mass is 1110 g/mol. The van der Waals surface area contributed by atoms with Crippen molar-refractivity contribution in [3.05, 3.63) is 343 Å². The van der Waals surface area contributed by atoms with Crippen molar-refractivity contribution in [3.63, 3.8) is 0 Å². The summed E-state index contributed by atoms with van der Waals surface area (Å²) >= 11 is 0. The number of para-hydroxylation sites is 3. The Morgan fingerprint density at radius 2 is 0.816 bits per heavy atom. The highest BCUT2D eigenvalue weighted by molar-refractivity contribution is 6.33. The molecular formula is C82H59N5. The number of rotatable bonds is 11. The van der Waals surface area contributed by atoms with E-state index in [0.717, 1.165) is 118 Å². The van der Waals surface area contributed by atoms with Crippen molar-refractivity contribution in [2.75, 3.05) is 9.80 Å². The van der Waals surface area contributed by atoms with Crippen molar-refractivity contribution in [3.8, 4) is 39.1 Å². The summed E-state index contributed by atoms with van der Waals surface area (Å²) in [6, 6.07) is 107. The fourth-order valence-corrected chi connectivity index (χ4v) is 14.1. The molecule has 0 saturated heterocycles. The highest BCUT2D eigenvalue weighted by Gasteiger charge is 2.51. The first kappa shape index (κ1) is 51.5. The topological polar surface area (TPSA) is 37.2 Å². The predicted molar refractivity (Wildman–Crippen MR) is 363 cm³/mol. The van der Waals surface area contributed by atoms with E-state index in [2.05, 4.69) is 326 Å². The highest BCUT2D eigenvalue weighted by Crippen LogP contribution is 2.64. The average Bonchev–Trinajstić information content (AvgIpc) is 1.51. The van der Waals surface area contributed by atoms with Gasteiger partial charge in [-0.05, 0) is 148 Å². The van der Waals surface area contributed by atoms with E-state index in [4.69, 9.17) is 9.97 Å². The molecule has 5 nitrogen and oxygen atoms in total. The van der Waals surface area contributed by atoms with Crippen molar-refractivity contribution in [2.24, 2.45) is 0 Å². The molecule has 5 heteroatoms. The molecule has 1 atom stereocenters. The molecule has 0 N–H and O–H groups in total. The van der Waals surface area contributed by atoms with Crippen LogP contribution in [0, 0.1) is 20.8 Å². The van der Waals surface area contributed by atoms with E-state index in [1.807, 2.05) is 12.4 Å². The average molecular weight is 1110 g/mol. The molecule has 0 bridgehead atoms. The number of aryl methyl sites for hydroxylation is 3. The lowest BCUT2D eigenvalue weighted by atomic mass is 9.67. The minimum atomic E-state index is -0.965. The molecule has 0 spiro atoms. The Balaban J connectivity index is 1.16. The molecular weight excluding hydrogens is 1050 g/mol. The van der Waals surface area contributed by atoms with Gasteiger partial charge in [-0.25, -0.2) is 9.97 Å². The third-order valence-corrected chi connectivity index (χ3v) is 17.8. The maximum absolute atomic E-state index is 5.59. The summed E-state index contributed by atoms with van der Waals surface area (Å²) in [4.78, 5) is 15.8. The first-order valence-corrected chi connectivity index (χ1v) is 30.0. The molecule has 0 aliphatic heterocycles. The van der Waals surface area contributed by atoms with Crippen LogP contribution in [-0.2, 0) is 5.41 Å². The number of fused-ring (bicyclic) bond motifs is 12. The summed E-state index contributed by atoms with van der Waals surface area (Å²) in [6.07, 6.45) is 4.03. The molecule has 412 valence electrons. The minimum Gasteiger partial charge on any atom is -0.308 e. The van der Waals surface area contributed by atoms with Gasteiger partial charge in [-0.1, -0.05) is 230 Å². The molecule has 3 heterocycles. The van der Waals surface area contributed by atoms with Gasteiger partial charge in [0.1, 0.15) is 11.6 Å². The highest BCUT2D eigenvalue weighted by atomic mass is 15.2. The summed E-state index contributed by atoms with van der Waals surface area (Å²) in [5, 5.41) is 7.13. The first-order valence-electron chi connectivity index (χ1n) is 30.0. The van der Waals surface area contributed by atoms with Crippen LogP contribution in [0.2, 0.25) is 0 Å². The second-order valence-electron chi connectivity index (χ2n) is 23.1. The zero-order chi connectivity index (χ0) is 58.2. The Labute approximate surface area is 507 Å². The Kier molecular flexibility index (Phi) is 12.4. The van der Waals surface area contributed by atoms with Crippen molar-refractivity contribution in [1.82, 2.24) is 14.5 Å². The molecule has 0 amide bonds. The van der Waals surface area contributed by atoms with Gasteiger partial charge in [0, 0.05) is 73.6 Å². The van der Waals surface area contributed by atoms with Crippen LogP contribution in [0.15, 0.2) is 304 Å². The van der Waals surface area contributed by atoms with Crippen LogP contribution in [0.5, 0.6) is 0 Å². The van der Waals surface area contributed by atoms with Crippen LogP contribution < -0.4 is 9.80 Å². The van der Waals surface area contributed by atoms with Gasteiger partial charge in [0.25, 0.3) is 0 Å². The number of anilines is 6. The van der Waals surface area contributed by atoms with Crippen molar-refractivity contribution >= 4 is 77.7 Å². The molecule has 15 aromatic rings. The van der Waals surface area contributed by atoms with Gasteiger partial charge in [0.2, 0.25) is 0 Å². The normalized spacial score (nSPS) is 13.5. The van der Waals surface area contributed by atoms with Crippen LogP contribution in [0.25, 0.3) is 82.4 Å². The van der Waals surface area contributed by atoms with Gasteiger partial charge in [0.15, 0.2) is 0 Å². The van der Waals surface area contributed by atoms with Gasteiger partial charge in [-0.3, -0.25) is 9.80 Å². The van der Waals surface area contributed by atoms with Gasteiger partial charge < -0.3 is 4.57 Å². The van der Waals surface area contributed by atoms with E-state index in [0.29, 0.717) is 0 Å². The summed E-state index contributed by atoms with van der Waals surface area (Å²) in [7, 11) is 0. The van der Waals surface area contributed by atoms with Crippen LogP contribution in [0.1, 0.15) is 38.9 Å². The number of hydrogen-bond acceptors (Lipinski definition) is 4. The fourth-order valence-electron chi connectivity index (χ4n) is 14.1. The quantitative estimate of drug-likeness (QED) is 0.121. The van der Waals surface area contributed by atoms with E-state index in [9.17, 15) is 0 Å². The third-order valence-electron chi connectivity index (χ3n) is 17.8. The SMILES string of the molecule is Cc1ccc(C2(c3ccccc3)c3cc(N(c4ccccc4)c4ncc(C)cc4-c4ccccc4)ccc3-c3c(N(c4ccccc4)c4ncc(C)cc4-c4ccccc4)cc4c5c6ccccc6c6ccccc6c5n(-c5ccccc5)c4c32)cc1. The maximum atomic E-state index is 5.59. The largest absolute Gasteiger partial charge is 0.308 e. The van der Waals surface area contributed by atoms with Crippen molar-refractivity contribution in [1.29, 1.82) is 0 Å². The molecule has 87 heavy (non-hydrogen) atoms. The van der Waals surface area contributed by atoms with Crippen molar-refractivity contribution in [2.45, 2.75) is 26.2 Å². The number of benzene rings is 12. The van der Waals surface area contributed by atoms with Gasteiger partial charge in [0.05, 0.1) is 22.1 Å². The lowest BCUT2D eigenvalue weighted by Crippen LogP contribution is -2.30. The summed E-state index contributed by atoms with van der Waals surface area (Å²) in [6.45, 7) is 6.47. The summed E-state index contributed by atoms with van der Waals surface area (Å²) in [5.74, 6) is 1.68. The van der Waals surface area contributed by atoms with Crippen LogP contribution >= 0.6 is 0 Å². The van der Waals surface area contributed by atoms with Crippen molar-refractivity contribution < 1.29 is 0 Å². The van der Waals surface area contributed by atoms with Gasteiger partial charge in [-0.15, -0.1) is 0 Å². The Morgan fingerprint density at radius 1 is 0.345 bits per heavy atom. The Hall–Kier alpha value is -11.1. The molecule has 0 radical (unpaired) electrons. The molecule has 0 saturated carbocycles. The minimum absolute atomic E-state index is 0.835. The fraction of sp³-hybridized carbons (Fsp3) is 0.0488. The maximum Gasteiger partial charge on any atom is 0.145 e. The number of pyridine rings is 2. The van der Waals surface area contributed by atoms with E-state index >= 15 is 0 Å². The molecule has 0 fully saturated rings. The van der Waals surface area contributed by atoms with Crippen LogP contribution in [0.4, 0.5) is 34.4 Å². The van der Waals surface area contributed by atoms with E-state index in [1.165, 1.54) is 38.1 Å². The standard InChI is InChI=1S/C82H59N5/c1-54-42-44-60(45-43-54)82(59-30-14-6-15-31-59)73-50-64(85(61-32-16-7-17-33-61)80-70(48-55(2)52-83-80)57-26-10-4-11-27-57)46-47-69(73)76-74(86(62-34-18-8-19-35-62)81-71(49-56(3)53-84-81)58-28-12-5-13-29-58)51-72-75-67-40-24-22-38-65(67)66-39-23-25-41-68(66)78(75)87(79(72)77(76)82)63-36-20-9-21-37-63/h4-53H,1-3H3. The Bertz CT molecular complexity index is 5100. The molecule has 1 aliphatic rings. The smallest absolute Gasteiger partial charge is 0.145 e. The lowest BCUT2D eigenvalue weighted by molar-refractivity contribution is 0.771. The number of nitrogens with zero attached hydrogens (tertiary/aromatic N) is 5. The lowest BCUT2D eigenvalue weighted by Gasteiger charge is -2.36. The number of hydrogen-bond donors (Lipinski definition) is 0. The molecule has 3 aromatic heterocycles. The predicted octanol–water partition coefficient (Wildman–Crippen LogP) is 21.4. The second-order valence-corrected chi connectivity index (χ2v) is 23.1. The van der Waals surface area contributed by atoms with E-state index in [1.54, 1.807) is 0 Å². The van der Waals surface area contributed by atoms with E-state index < -0.39 is 5.41 Å². The number of aromatic nitrogens is 3. The third kappa shape index (κ3) is 8.22. The van der Waals surface area contributed by atoms with Crippen LogP contribution in [-0.4, -0.2) is 14.5 Å². The zero-order valence-electron chi connectivity index (χ0n) is 48.6. The molecule has 1 unspecified atom stereocenters.